The molecule has 1 N–H and O–H groups in total. The second-order valence-electron chi connectivity index (χ2n) is 3.27. The van der Waals surface area contributed by atoms with E-state index in [-0.39, 0.29) is 11.4 Å². The van der Waals surface area contributed by atoms with E-state index in [4.69, 9.17) is 0 Å². The molecule has 2 rings (SSSR count). The zero-order valence-corrected chi connectivity index (χ0v) is 8.12. The van der Waals surface area contributed by atoms with E-state index in [1.54, 1.807) is 19.1 Å². The Balaban J connectivity index is 2.55. The number of rotatable bonds is 1. The minimum Gasteiger partial charge on any atom is -0.319 e. The number of H-pyrrole nitrogens is 1. The number of hydrogen-bond acceptors (Lipinski definition) is 2. The summed E-state index contributed by atoms with van der Waals surface area (Å²) in [5.74, 6) is -0.259. The topological polar surface area (TPSA) is 45.8 Å². The van der Waals surface area contributed by atoms with Crippen LogP contribution in [0.1, 0.15) is 5.56 Å². The maximum atomic E-state index is 13.0. The van der Waals surface area contributed by atoms with Crippen LogP contribution >= 0.6 is 0 Å². The van der Waals surface area contributed by atoms with E-state index in [0.717, 1.165) is 5.56 Å². The van der Waals surface area contributed by atoms with Crippen molar-refractivity contribution in [2.24, 2.45) is 0 Å². The molecule has 1 aromatic carbocycles. The highest BCUT2D eigenvalue weighted by Gasteiger charge is 2.02. The lowest BCUT2D eigenvalue weighted by Gasteiger charge is -2.02. The van der Waals surface area contributed by atoms with Gasteiger partial charge in [-0.15, -0.1) is 0 Å². The van der Waals surface area contributed by atoms with Crippen LogP contribution in [0, 0.1) is 12.7 Å². The first-order valence-corrected chi connectivity index (χ1v) is 4.47. The van der Waals surface area contributed by atoms with Gasteiger partial charge in [-0.25, -0.2) is 4.39 Å². The van der Waals surface area contributed by atoms with Gasteiger partial charge in [-0.1, -0.05) is 0 Å². The van der Waals surface area contributed by atoms with E-state index in [2.05, 4.69) is 9.97 Å². The van der Waals surface area contributed by atoms with Gasteiger partial charge in [0.05, 0.1) is 18.1 Å². The standard InChI is InChI=1S/C11H9FN2O/c1-7-4-8(2-3-9(7)12)10-5-13-6-11(15)14-10/h2-6H,1H3,(H,14,15). The SMILES string of the molecule is Cc1cc(-c2cncc(=O)[nH]2)ccc1F. The van der Waals surface area contributed by atoms with Crippen LogP contribution in [0.25, 0.3) is 11.3 Å². The number of aromatic amines is 1. The summed E-state index contributed by atoms with van der Waals surface area (Å²) in [5.41, 5.74) is 1.61. The zero-order chi connectivity index (χ0) is 10.8. The van der Waals surface area contributed by atoms with Crippen molar-refractivity contribution in [3.05, 3.63) is 52.3 Å². The molecule has 0 saturated heterocycles. The predicted octanol–water partition coefficient (Wildman–Crippen LogP) is 1.88. The number of nitrogens with zero attached hydrogens (tertiary/aromatic N) is 1. The van der Waals surface area contributed by atoms with Crippen LogP contribution in [0.5, 0.6) is 0 Å². The van der Waals surface area contributed by atoms with Gasteiger partial charge in [0, 0.05) is 5.56 Å². The highest BCUT2D eigenvalue weighted by atomic mass is 19.1. The minimum absolute atomic E-state index is 0.259. The average Bonchev–Trinajstić information content (AvgIpc) is 2.22. The minimum atomic E-state index is -0.269. The third-order valence-electron chi connectivity index (χ3n) is 2.12. The molecule has 0 bridgehead atoms. The summed E-state index contributed by atoms with van der Waals surface area (Å²) in [6.07, 6.45) is 2.73. The van der Waals surface area contributed by atoms with Gasteiger partial charge >= 0.3 is 0 Å². The second kappa shape index (κ2) is 3.65. The Kier molecular flexibility index (Phi) is 2.33. The lowest BCUT2D eigenvalue weighted by molar-refractivity contribution is 0.618. The smallest absolute Gasteiger partial charge is 0.266 e. The molecule has 1 aromatic heterocycles. The lowest BCUT2D eigenvalue weighted by atomic mass is 10.1. The molecule has 1 heterocycles. The fourth-order valence-electron chi connectivity index (χ4n) is 1.34. The van der Waals surface area contributed by atoms with Crippen molar-refractivity contribution in [1.82, 2.24) is 9.97 Å². The van der Waals surface area contributed by atoms with Gasteiger partial charge < -0.3 is 4.98 Å². The molecule has 76 valence electrons. The largest absolute Gasteiger partial charge is 0.319 e. The van der Waals surface area contributed by atoms with E-state index in [1.165, 1.54) is 18.5 Å². The first-order chi connectivity index (χ1) is 7.16. The molecule has 0 atom stereocenters. The molecule has 0 fully saturated rings. The van der Waals surface area contributed by atoms with Crippen LogP contribution in [0.3, 0.4) is 0 Å². The highest BCUT2D eigenvalue weighted by Crippen LogP contribution is 2.17. The molecular formula is C11H9FN2O. The Bertz CT molecular complexity index is 548. The van der Waals surface area contributed by atoms with Crippen molar-refractivity contribution < 1.29 is 4.39 Å². The molecule has 0 aliphatic carbocycles. The first kappa shape index (κ1) is 9.58. The molecular weight excluding hydrogens is 195 g/mol. The van der Waals surface area contributed by atoms with Gasteiger partial charge in [-0.3, -0.25) is 9.78 Å². The van der Waals surface area contributed by atoms with Crippen LogP contribution in [-0.4, -0.2) is 9.97 Å². The molecule has 4 heteroatoms. The molecule has 0 saturated carbocycles. The van der Waals surface area contributed by atoms with Crippen LogP contribution < -0.4 is 5.56 Å². The molecule has 0 aliphatic rings. The summed E-state index contributed by atoms with van der Waals surface area (Å²) in [4.78, 5) is 17.4. The zero-order valence-electron chi connectivity index (χ0n) is 8.12. The molecule has 15 heavy (non-hydrogen) atoms. The second-order valence-corrected chi connectivity index (χ2v) is 3.27. The van der Waals surface area contributed by atoms with Crippen molar-refractivity contribution in [3.63, 3.8) is 0 Å². The monoisotopic (exact) mass is 204 g/mol. The number of aromatic nitrogens is 2. The van der Waals surface area contributed by atoms with Crippen molar-refractivity contribution in [2.75, 3.05) is 0 Å². The Labute approximate surface area is 85.6 Å². The van der Waals surface area contributed by atoms with E-state index < -0.39 is 0 Å². The average molecular weight is 204 g/mol. The Morgan fingerprint density at radius 2 is 2.13 bits per heavy atom. The molecule has 0 spiro atoms. The molecule has 3 nitrogen and oxygen atoms in total. The van der Waals surface area contributed by atoms with Crippen LogP contribution in [-0.2, 0) is 0 Å². The Hall–Kier alpha value is -1.97. The van der Waals surface area contributed by atoms with E-state index in [1.807, 2.05) is 0 Å². The fraction of sp³-hybridized carbons (Fsp3) is 0.0909. The molecule has 0 aliphatic heterocycles. The molecule has 0 amide bonds. The van der Waals surface area contributed by atoms with E-state index in [0.29, 0.717) is 11.3 Å². The lowest BCUT2D eigenvalue weighted by Crippen LogP contribution is -2.05. The number of benzene rings is 1. The van der Waals surface area contributed by atoms with Gasteiger partial charge in [-0.2, -0.15) is 0 Å². The van der Waals surface area contributed by atoms with E-state index in [9.17, 15) is 9.18 Å². The van der Waals surface area contributed by atoms with Gasteiger partial charge in [0.1, 0.15) is 5.82 Å². The van der Waals surface area contributed by atoms with Crippen LogP contribution in [0.2, 0.25) is 0 Å². The van der Waals surface area contributed by atoms with Crippen LogP contribution in [0.15, 0.2) is 35.4 Å². The first-order valence-electron chi connectivity index (χ1n) is 4.47. The van der Waals surface area contributed by atoms with Crippen molar-refractivity contribution in [1.29, 1.82) is 0 Å². The number of nitrogens with one attached hydrogen (secondary N) is 1. The third kappa shape index (κ3) is 1.93. The summed E-state index contributed by atoms with van der Waals surface area (Å²) >= 11 is 0. The highest BCUT2D eigenvalue weighted by molar-refractivity contribution is 5.58. The number of aryl methyl sites for hydroxylation is 1. The van der Waals surface area contributed by atoms with Crippen molar-refractivity contribution in [3.8, 4) is 11.3 Å². The van der Waals surface area contributed by atoms with E-state index >= 15 is 0 Å². The van der Waals surface area contributed by atoms with Crippen LogP contribution in [0.4, 0.5) is 4.39 Å². The maximum Gasteiger partial charge on any atom is 0.266 e. The summed E-state index contributed by atoms with van der Waals surface area (Å²) in [6.45, 7) is 1.67. The quantitative estimate of drug-likeness (QED) is 0.770. The Morgan fingerprint density at radius 1 is 1.33 bits per heavy atom. The van der Waals surface area contributed by atoms with Gasteiger partial charge in [0.2, 0.25) is 0 Å². The normalized spacial score (nSPS) is 10.3. The maximum absolute atomic E-state index is 13.0. The summed E-state index contributed by atoms with van der Waals surface area (Å²) in [6, 6.07) is 4.65. The van der Waals surface area contributed by atoms with Gasteiger partial charge in [-0.05, 0) is 30.7 Å². The molecule has 0 radical (unpaired) electrons. The summed E-state index contributed by atoms with van der Waals surface area (Å²) < 4.78 is 13.0. The van der Waals surface area contributed by atoms with Gasteiger partial charge in [0.25, 0.3) is 5.56 Å². The number of hydrogen-bond donors (Lipinski definition) is 1. The van der Waals surface area contributed by atoms with Crippen molar-refractivity contribution in [2.45, 2.75) is 6.92 Å². The summed E-state index contributed by atoms with van der Waals surface area (Å²) in [5, 5.41) is 0. The number of halogens is 1. The third-order valence-corrected chi connectivity index (χ3v) is 2.12. The Morgan fingerprint density at radius 3 is 2.80 bits per heavy atom. The molecule has 0 unspecified atom stereocenters. The summed E-state index contributed by atoms with van der Waals surface area (Å²) in [7, 11) is 0. The van der Waals surface area contributed by atoms with Gasteiger partial charge in [0.15, 0.2) is 0 Å². The predicted molar refractivity (Wildman–Crippen MR) is 55.0 cm³/mol. The molecule has 2 aromatic rings. The van der Waals surface area contributed by atoms with Crippen molar-refractivity contribution >= 4 is 0 Å². The fourth-order valence-corrected chi connectivity index (χ4v) is 1.34.